The van der Waals surface area contributed by atoms with Crippen LogP contribution in [0.2, 0.25) is 0 Å². The summed E-state index contributed by atoms with van der Waals surface area (Å²) in [4.78, 5) is 3.58. The number of halogens is 8. The number of nitrogens with one attached hydrogen (secondary N) is 1. The summed E-state index contributed by atoms with van der Waals surface area (Å²) in [6.45, 7) is 1.92. The maximum absolute atomic E-state index is 14.4. The van der Waals surface area contributed by atoms with E-state index in [0.717, 1.165) is 9.87 Å². The van der Waals surface area contributed by atoms with E-state index >= 15 is 0 Å². The Balaban J connectivity index is 0.00000400. The second-order valence-corrected chi connectivity index (χ2v) is 12.5. The first-order chi connectivity index (χ1) is 21.4. The fourth-order valence-electron chi connectivity index (χ4n) is 5.66. The number of anilines is 1. The van der Waals surface area contributed by atoms with Crippen molar-refractivity contribution >= 4 is 57.4 Å². The van der Waals surface area contributed by atoms with Gasteiger partial charge in [0.25, 0.3) is 10.0 Å². The fraction of sp³-hybridized carbons (Fsp3) is 0.355. The summed E-state index contributed by atoms with van der Waals surface area (Å²) in [5.41, 5.74) is 8.43. The van der Waals surface area contributed by atoms with Crippen LogP contribution in [0.1, 0.15) is 53.1 Å². The predicted octanol–water partition coefficient (Wildman–Crippen LogP) is 6.80. The van der Waals surface area contributed by atoms with Crippen molar-refractivity contribution in [1.29, 1.82) is 5.41 Å². The number of fused-ring (bicyclic) bond motifs is 1. The van der Waals surface area contributed by atoms with Gasteiger partial charge >= 0.3 is 12.4 Å². The van der Waals surface area contributed by atoms with Crippen LogP contribution < -0.4 is 15.8 Å². The number of nitrogen functional groups attached to an aromatic ring is 1. The molecule has 1 aromatic heterocycles. The zero-order chi connectivity index (χ0) is 34.2. The lowest BCUT2D eigenvalue weighted by Crippen LogP contribution is -2.33. The molecule has 0 aliphatic carbocycles. The van der Waals surface area contributed by atoms with Gasteiger partial charge in [-0.25, -0.2) is 13.4 Å². The molecule has 0 fully saturated rings. The molecule has 48 heavy (non-hydrogen) atoms. The first kappa shape index (κ1) is 40.6. The van der Waals surface area contributed by atoms with Crippen LogP contribution in [0.4, 0.5) is 32.0 Å². The molecule has 264 valence electrons. The van der Waals surface area contributed by atoms with Gasteiger partial charge in [-0.1, -0.05) is 31.2 Å². The Morgan fingerprint density at radius 1 is 0.917 bits per heavy atom. The van der Waals surface area contributed by atoms with Gasteiger partial charge in [0.2, 0.25) is 0 Å². The van der Waals surface area contributed by atoms with Gasteiger partial charge in [-0.05, 0) is 73.7 Å². The molecule has 5 N–H and O–H groups in total. The largest absolute Gasteiger partial charge is 0.416 e. The van der Waals surface area contributed by atoms with Crippen LogP contribution in [0.3, 0.4) is 0 Å². The molecule has 0 saturated heterocycles. The van der Waals surface area contributed by atoms with Gasteiger partial charge in [-0.3, -0.25) is 9.71 Å². The number of nitrogens with zero attached hydrogens (tertiary/aromatic N) is 3. The monoisotopic (exact) mass is 740 g/mol. The Morgan fingerprint density at radius 3 is 2.04 bits per heavy atom. The number of hydrogen-bond acceptors (Lipinski definition) is 5. The number of alkyl halides is 6. The highest BCUT2D eigenvalue weighted by Gasteiger charge is 2.45. The summed E-state index contributed by atoms with van der Waals surface area (Å²) in [5, 5.41) is 7.52. The molecule has 0 atom stereocenters. The lowest BCUT2D eigenvalue weighted by Gasteiger charge is -2.28. The van der Waals surface area contributed by atoms with Crippen molar-refractivity contribution in [3.8, 4) is 0 Å². The predicted molar refractivity (Wildman–Crippen MR) is 179 cm³/mol. The van der Waals surface area contributed by atoms with Gasteiger partial charge in [0.1, 0.15) is 11.7 Å². The zero-order valence-electron chi connectivity index (χ0n) is 26.2. The van der Waals surface area contributed by atoms with E-state index in [1.165, 1.54) is 26.0 Å². The second kappa shape index (κ2) is 15.3. The van der Waals surface area contributed by atoms with Crippen molar-refractivity contribution in [2.45, 2.75) is 56.8 Å². The molecule has 17 heteroatoms. The van der Waals surface area contributed by atoms with E-state index < -0.39 is 68.9 Å². The van der Waals surface area contributed by atoms with Crippen LogP contribution in [-0.4, -0.2) is 36.9 Å². The van der Waals surface area contributed by atoms with Crippen molar-refractivity contribution in [3.05, 3.63) is 87.7 Å². The Hall–Kier alpha value is -3.53. The van der Waals surface area contributed by atoms with E-state index in [9.17, 15) is 34.8 Å². The third-order valence-corrected chi connectivity index (χ3v) is 9.81. The highest BCUT2D eigenvalue weighted by molar-refractivity contribution is 7.92. The van der Waals surface area contributed by atoms with E-state index in [2.05, 4.69) is 4.98 Å². The van der Waals surface area contributed by atoms with Crippen molar-refractivity contribution in [1.82, 2.24) is 9.55 Å². The first-order valence-electron chi connectivity index (χ1n) is 14.4. The molecule has 0 amide bonds. The number of imidazole rings is 1. The van der Waals surface area contributed by atoms with Crippen LogP contribution in [0.15, 0.2) is 53.4 Å². The molecule has 8 nitrogen and oxygen atoms in total. The van der Waals surface area contributed by atoms with Crippen LogP contribution in [0.25, 0.3) is 11.0 Å². The lowest BCUT2D eigenvalue weighted by molar-refractivity contribution is -0.144. The van der Waals surface area contributed by atoms with Gasteiger partial charge in [-0.15, -0.1) is 24.8 Å². The summed E-state index contributed by atoms with van der Waals surface area (Å²) in [6.07, 6.45) is -10.7. The third kappa shape index (κ3) is 8.01. The highest BCUT2D eigenvalue weighted by Crippen LogP contribution is 2.45. The zero-order valence-corrected chi connectivity index (χ0v) is 28.6. The van der Waals surface area contributed by atoms with E-state index in [0.29, 0.717) is 41.3 Å². The van der Waals surface area contributed by atoms with Crippen molar-refractivity contribution < 1.29 is 34.8 Å². The molecular formula is C31H36Cl2F6N6O2S. The van der Waals surface area contributed by atoms with Gasteiger partial charge in [0.05, 0.1) is 32.7 Å². The number of rotatable bonds is 11. The van der Waals surface area contributed by atoms with Crippen LogP contribution >= 0.6 is 24.8 Å². The number of nitrogens with two attached hydrogens (primary N) is 2. The molecular weight excluding hydrogens is 705 g/mol. The van der Waals surface area contributed by atoms with E-state index in [4.69, 9.17) is 16.9 Å². The minimum absolute atomic E-state index is 0. The summed E-state index contributed by atoms with van der Waals surface area (Å²) < 4.78 is 116. The lowest BCUT2D eigenvalue weighted by atomic mass is 9.91. The third-order valence-electron chi connectivity index (χ3n) is 7.84. The number of sulfonamides is 1. The molecule has 4 rings (SSSR count). The summed E-state index contributed by atoms with van der Waals surface area (Å²) in [6, 6.07) is 12.0. The number of aryl methyl sites for hydroxylation is 3. The van der Waals surface area contributed by atoms with Gasteiger partial charge in [0.15, 0.2) is 0 Å². The van der Waals surface area contributed by atoms with Crippen LogP contribution in [-0.2, 0) is 55.1 Å². The SMILES string of the molecule is CCc1c(S(=O)(=O)N(CC)c2ccc3c(c2)nc(CCc2ccc(C(=N)N)cc2)n3C)cc(C(F)(F)F)c(CCN)c1C(F)(F)F.Cl.Cl. The van der Waals surface area contributed by atoms with E-state index in [1.54, 1.807) is 25.2 Å². The summed E-state index contributed by atoms with van der Waals surface area (Å²) >= 11 is 0. The van der Waals surface area contributed by atoms with Crippen molar-refractivity contribution in [3.63, 3.8) is 0 Å². The fourth-order valence-corrected chi connectivity index (χ4v) is 7.45. The van der Waals surface area contributed by atoms with Crippen molar-refractivity contribution in [2.75, 3.05) is 17.4 Å². The van der Waals surface area contributed by atoms with Gasteiger partial charge in [-0.2, -0.15) is 26.3 Å². The molecule has 1 heterocycles. The Labute approximate surface area is 286 Å². The number of aromatic nitrogens is 2. The molecule has 0 spiro atoms. The summed E-state index contributed by atoms with van der Waals surface area (Å²) in [5.74, 6) is 0.624. The number of benzene rings is 3. The van der Waals surface area contributed by atoms with Crippen molar-refractivity contribution in [2.24, 2.45) is 18.5 Å². The molecule has 0 unspecified atom stereocenters. The molecule has 4 aromatic rings. The van der Waals surface area contributed by atoms with Gasteiger partial charge < -0.3 is 16.0 Å². The maximum atomic E-state index is 14.4. The minimum Gasteiger partial charge on any atom is -0.384 e. The number of hydrogen-bond donors (Lipinski definition) is 3. The average molecular weight is 742 g/mol. The normalized spacial score (nSPS) is 12.0. The smallest absolute Gasteiger partial charge is 0.384 e. The molecule has 0 radical (unpaired) electrons. The topological polar surface area (TPSA) is 131 Å². The molecule has 0 aliphatic rings. The van der Waals surface area contributed by atoms with Crippen LogP contribution in [0.5, 0.6) is 0 Å². The van der Waals surface area contributed by atoms with E-state index in [1.807, 2.05) is 16.7 Å². The minimum atomic E-state index is -5.27. The molecule has 0 aliphatic heterocycles. The Morgan fingerprint density at radius 2 is 1.54 bits per heavy atom. The highest BCUT2D eigenvalue weighted by atomic mass is 35.5. The van der Waals surface area contributed by atoms with E-state index in [-0.39, 0.29) is 42.9 Å². The Bertz CT molecular complexity index is 1880. The standard InChI is InChI=1S/C31H34F6N6O2S.2ClH/c1-4-21-26(17-23(30(32,33)34)22(14-15-38)28(21)31(35,36)37)46(44,45)43(5-2)20-11-12-25-24(16-20)41-27(42(25)3)13-8-18-6-9-19(10-7-18)29(39)40;;/h6-7,9-12,16-17H,4-5,8,13-15,38H2,1-3H3,(H3,39,40);2*1H. The molecule has 0 bridgehead atoms. The molecule has 0 saturated carbocycles. The maximum Gasteiger partial charge on any atom is 0.416 e. The van der Waals surface area contributed by atoms with Gasteiger partial charge in [0, 0.05) is 25.6 Å². The second-order valence-electron chi connectivity index (χ2n) is 10.7. The molecule has 3 aromatic carbocycles. The Kier molecular flexibility index (Phi) is 13.0. The summed E-state index contributed by atoms with van der Waals surface area (Å²) in [7, 11) is -3.15. The quantitative estimate of drug-likeness (QED) is 0.0885. The number of amidine groups is 1. The van der Waals surface area contributed by atoms with Crippen LogP contribution in [0, 0.1) is 5.41 Å². The first-order valence-corrected chi connectivity index (χ1v) is 15.8. The average Bonchev–Trinajstić information content (AvgIpc) is 3.29.